The van der Waals surface area contributed by atoms with Gasteiger partial charge in [-0.1, -0.05) is 6.07 Å². The van der Waals surface area contributed by atoms with Crippen molar-refractivity contribution in [2.24, 2.45) is 0 Å². The molecule has 1 atom stereocenters. The minimum atomic E-state index is -0.533. The number of alkyl halides is 1. The number of nitrogens with one attached hydrogen (secondary N) is 1. The summed E-state index contributed by atoms with van der Waals surface area (Å²) in [5.41, 5.74) is 0.0529. The number of rotatable bonds is 5. The highest BCUT2D eigenvalue weighted by Gasteiger charge is 2.15. The standard InChI is InChI=1S/C12H14BrClFNO/c1-8(4-3-7-14)16-12(17)9-5-2-6-10(13)11(9)15/h2,5-6,8H,3-4,7H2,1H3,(H,16,17). The quantitative estimate of drug-likeness (QED) is 0.822. The van der Waals surface area contributed by atoms with Crippen molar-refractivity contribution in [3.05, 3.63) is 34.1 Å². The molecule has 1 unspecified atom stereocenters. The summed E-state index contributed by atoms with van der Waals surface area (Å²) in [6, 6.07) is 4.64. The van der Waals surface area contributed by atoms with Crippen LogP contribution in [0.4, 0.5) is 4.39 Å². The molecule has 0 aliphatic heterocycles. The molecule has 0 fully saturated rings. The summed E-state index contributed by atoms with van der Waals surface area (Å²) in [4.78, 5) is 11.8. The Bertz CT molecular complexity index is 400. The van der Waals surface area contributed by atoms with E-state index in [2.05, 4.69) is 21.2 Å². The average Bonchev–Trinajstić information content (AvgIpc) is 2.29. The lowest BCUT2D eigenvalue weighted by Crippen LogP contribution is -2.33. The summed E-state index contributed by atoms with van der Waals surface area (Å²) in [6.07, 6.45) is 1.61. The molecule has 1 rings (SSSR count). The Hall–Kier alpha value is -0.610. The van der Waals surface area contributed by atoms with Crippen LogP contribution in [0.1, 0.15) is 30.1 Å². The van der Waals surface area contributed by atoms with Gasteiger partial charge < -0.3 is 5.32 Å². The number of benzene rings is 1. The van der Waals surface area contributed by atoms with Crippen LogP contribution in [-0.2, 0) is 0 Å². The van der Waals surface area contributed by atoms with Crippen LogP contribution < -0.4 is 5.32 Å². The van der Waals surface area contributed by atoms with Gasteiger partial charge in [0.25, 0.3) is 5.91 Å². The Morgan fingerprint density at radius 2 is 2.29 bits per heavy atom. The topological polar surface area (TPSA) is 29.1 Å². The predicted molar refractivity (Wildman–Crippen MR) is 71.0 cm³/mol. The van der Waals surface area contributed by atoms with E-state index in [9.17, 15) is 9.18 Å². The Kier molecular flexibility index (Phi) is 5.92. The van der Waals surface area contributed by atoms with Crippen LogP contribution >= 0.6 is 27.5 Å². The van der Waals surface area contributed by atoms with Gasteiger partial charge >= 0.3 is 0 Å². The van der Waals surface area contributed by atoms with Crippen molar-refractivity contribution in [2.75, 3.05) is 5.88 Å². The van der Waals surface area contributed by atoms with Crippen molar-refractivity contribution in [1.82, 2.24) is 5.32 Å². The summed E-state index contributed by atoms with van der Waals surface area (Å²) in [6.45, 7) is 1.88. The Balaban J connectivity index is 2.67. The Morgan fingerprint density at radius 1 is 1.59 bits per heavy atom. The predicted octanol–water partition coefficient (Wildman–Crippen LogP) is 3.73. The molecule has 0 bridgehead atoms. The molecule has 5 heteroatoms. The number of halogens is 3. The van der Waals surface area contributed by atoms with E-state index in [0.717, 1.165) is 12.8 Å². The van der Waals surface area contributed by atoms with Crippen molar-refractivity contribution < 1.29 is 9.18 Å². The first kappa shape index (κ1) is 14.5. The third-order valence-corrected chi connectivity index (χ3v) is 3.22. The normalized spacial score (nSPS) is 12.2. The molecule has 2 nitrogen and oxygen atoms in total. The van der Waals surface area contributed by atoms with Crippen LogP contribution in [0.15, 0.2) is 22.7 Å². The second kappa shape index (κ2) is 6.97. The van der Waals surface area contributed by atoms with E-state index < -0.39 is 11.7 Å². The van der Waals surface area contributed by atoms with Crippen LogP contribution in [0.2, 0.25) is 0 Å². The first-order valence-corrected chi connectivity index (χ1v) is 6.70. The number of carbonyl (C=O) groups is 1. The van der Waals surface area contributed by atoms with Gasteiger partial charge in [-0.15, -0.1) is 11.6 Å². The second-order valence-corrected chi connectivity index (χ2v) is 5.04. The zero-order chi connectivity index (χ0) is 12.8. The van der Waals surface area contributed by atoms with Crippen LogP contribution in [0.5, 0.6) is 0 Å². The van der Waals surface area contributed by atoms with Gasteiger partial charge in [0.15, 0.2) is 0 Å². The maximum atomic E-state index is 13.6. The number of hydrogen-bond acceptors (Lipinski definition) is 1. The molecule has 0 spiro atoms. The monoisotopic (exact) mass is 321 g/mol. The molecular formula is C12H14BrClFNO. The van der Waals surface area contributed by atoms with E-state index in [1.165, 1.54) is 6.07 Å². The molecule has 1 aromatic carbocycles. The van der Waals surface area contributed by atoms with Crippen LogP contribution in [0.3, 0.4) is 0 Å². The summed E-state index contributed by atoms with van der Waals surface area (Å²) >= 11 is 8.62. The number of carbonyl (C=O) groups excluding carboxylic acids is 1. The van der Waals surface area contributed by atoms with Crippen LogP contribution in [0, 0.1) is 5.82 Å². The molecule has 1 amide bonds. The highest BCUT2D eigenvalue weighted by molar-refractivity contribution is 9.10. The molecule has 94 valence electrons. The Morgan fingerprint density at radius 3 is 2.94 bits per heavy atom. The highest BCUT2D eigenvalue weighted by Crippen LogP contribution is 2.18. The lowest BCUT2D eigenvalue weighted by Gasteiger charge is -2.13. The molecule has 0 saturated heterocycles. The van der Waals surface area contributed by atoms with Gasteiger partial charge in [-0.3, -0.25) is 4.79 Å². The number of amides is 1. The highest BCUT2D eigenvalue weighted by atomic mass is 79.9. The smallest absolute Gasteiger partial charge is 0.254 e. The van der Waals surface area contributed by atoms with E-state index in [1.54, 1.807) is 12.1 Å². The fourth-order valence-corrected chi connectivity index (χ4v) is 1.96. The van der Waals surface area contributed by atoms with E-state index >= 15 is 0 Å². The Labute approximate surface area is 114 Å². The minimum Gasteiger partial charge on any atom is -0.349 e. The van der Waals surface area contributed by atoms with Crippen LogP contribution in [0.25, 0.3) is 0 Å². The molecule has 1 aromatic rings. The van der Waals surface area contributed by atoms with Crippen molar-refractivity contribution in [2.45, 2.75) is 25.8 Å². The van der Waals surface area contributed by atoms with Gasteiger partial charge in [0.1, 0.15) is 5.82 Å². The average molecular weight is 323 g/mol. The fourth-order valence-electron chi connectivity index (χ4n) is 1.44. The first-order chi connectivity index (χ1) is 8.06. The SMILES string of the molecule is CC(CCCCl)NC(=O)c1cccc(Br)c1F. The van der Waals surface area contributed by atoms with Crippen LogP contribution in [-0.4, -0.2) is 17.8 Å². The third-order valence-electron chi connectivity index (χ3n) is 2.34. The van der Waals surface area contributed by atoms with E-state index in [1.807, 2.05) is 6.92 Å². The zero-order valence-corrected chi connectivity index (χ0v) is 11.8. The van der Waals surface area contributed by atoms with Gasteiger partial charge in [-0.2, -0.15) is 0 Å². The lowest BCUT2D eigenvalue weighted by molar-refractivity contribution is 0.0934. The fraction of sp³-hybridized carbons (Fsp3) is 0.417. The summed E-state index contributed by atoms with van der Waals surface area (Å²) in [5, 5.41) is 2.74. The minimum absolute atomic E-state index is 0.0142. The number of hydrogen-bond donors (Lipinski definition) is 1. The van der Waals surface area contributed by atoms with Gasteiger partial charge in [-0.05, 0) is 47.8 Å². The largest absolute Gasteiger partial charge is 0.349 e. The molecule has 0 saturated carbocycles. The zero-order valence-electron chi connectivity index (χ0n) is 9.47. The van der Waals surface area contributed by atoms with Gasteiger partial charge in [0, 0.05) is 11.9 Å². The summed E-state index contributed by atoms with van der Waals surface area (Å²) in [5.74, 6) is -0.369. The maximum absolute atomic E-state index is 13.6. The van der Waals surface area contributed by atoms with E-state index in [4.69, 9.17) is 11.6 Å². The molecule has 0 aliphatic carbocycles. The third kappa shape index (κ3) is 4.28. The second-order valence-electron chi connectivity index (χ2n) is 3.81. The molecule has 0 aliphatic rings. The lowest BCUT2D eigenvalue weighted by atomic mass is 10.1. The molecule has 1 N–H and O–H groups in total. The summed E-state index contributed by atoms with van der Waals surface area (Å²) in [7, 11) is 0. The van der Waals surface area contributed by atoms with Crippen molar-refractivity contribution in [1.29, 1.82) is 0 Å². The molecular weight excluding hydrogens is 308 g/mol. The van der Waals surface area contributed by atoms with E-state index in [-0.39, 0.29) is 11.6 Å². The van der Waals surface area contributed by atoms with Crippen molar-refractivity contribution >= 4 is 33.4 Å². The van der Waals surface area contributed by atoms with E-state index in [0.29, 0.717) is 10.4 Å². The van der Waals surface area contributed by atoms with Gasteiger partial charge in [-0.25, -0.2) is 4.39 Å². The molecule has 17 heavy (non-hydrogen) atoms. The summed E-state index contributed by atoms with van der Waals surface area (Å²) < 4.78 is 13.9. The van der Waals surface area contributed by atoms with Gasteiger partial charge in [0.05, 0.1) is 10.0 Å². The van der Waals surface area contributed by atoms with Gasteiger partial charge in [0.2, 0.25) is 0 Å². The molecule has 0 aromatic heterocycles. The van der Waals surface area contributed by atoms with Crippen molar-refractivity contribution in [3.8, 4) is 0 Å². The maximum Gasteiger partial charge on any atom is 0.254 e. The molecule has 0 radical (unpaired) electrons. The molecule has 0 heterocycles. The van der Waals surface area contributed by atoms with Crippen molar-refractivity contribution in [3.63, 3.8) is 0 Å². The first-order valence-electron chi connectivity index (χ1n) is 5.37.